The van der Waals surface area contributed by atoms with Crippen LogP contribution in [0.2, 0.25) is 0 Å². The van der Waals surface area contributed by atoms with Crippen LogP contribution in [0.15, 0.2) is 29.0 Å². The number of pyridine rings is 1. The smallest absolute Gasteiger partial charge is 0.153 e. The van der Waals surface area contributed by atoms with Gasteiger partial charge in [-0.25, -0.2) is 9.67 Å². The van der Waals surface area contributed by atoms with Crippen molar-refractivity contribution in [2.45, 2.75) is 26.2 Å². The van der Waals surface area contributed by atoms with Crippen molar-refractivity contribution in [2.75, 3.05) is 0 Å². The average molecular weight is 308 g/mol. The van der Waals surface area contributed by atoms with Crippen molar-refractivity contribution in [3.63, 3.8) is 0 Å². The Morgan fingerprint density at radius 3 is 2.50 bits per heavy atom. The van der Waals surface area contributed by atoms with Crippen molar-refractivity contribution >= 4 is 22.2 Å². The van der Waals surface area contributed by atoms with Gasteiger partial charge in [-0.1, -0.05) is 20.8 Å². The second kappa shape index (κ2) is 4.65. The number of carbonyl (C=O) groups is 1. The second-order valence-electron chi connectivity index (χ2n) is 5.08. The number of nitrogens with zero attached hydrogens (tertiary/aromatic N) is 3. The SMILES string of the molecule is CC(C)(C)c1nn(-c2ccc(Br)cn2)cc1C=O. The highest BCUT2D eigenvalue weighted by molar-refractivity contribution is 9.10. The highest BCUT2D eigenvalue weighted by atomic mass is 79.9. The minimum Gasteiger partial charge on any atom is -0.298 e. The third-order valence-corrected chi connectivity index (χ3v) is 3.00. The quantitative estimate of drug-likeness (QED) is 0.801. The first-order chi connectivity index (χ1) is 8.41. The van der Waals surface area contributed by atoms with E-state index in [-0.39, 0.29) is 5.41 Å². The average Bonchev–Trinajstić information content (AvgIpc) is 2.73. The summed E-state index contributed by atoms with van der Waals surface area (Å²) in [6.07, 6.45) is 4.25. The van der Waals surface area contributed by atoms with Gasteiger partial charge in [-0.3, -0.25) is 4.79 Å². The molecule has 0 atom stereocenters. The zero-order valence-electron chi connectivity index (χ0n) is 10.5. The molecular weight excluding hydrogens is 294 g/mol. The van der Waals surface area contributed by atoms with Gasteiger partial charge in [0.05, 0.1) is 11.3 Å². The van der Waals surface area contributed by atoms with E-state index in [1.54, 1.807) is 17.1 Å². The van der Waals surface area contributed by atoms with Gasteiger partial charge >= 0.3 is 0 Å². The van der Waals surface area contributed by atoms with Crippen LogP contribution >= 0.6 is 15.9 Å². The summed E-state index contributed by atoms with van der Waals surface area (Å²) >= 11 is 3.33. The number of hydrogen-bond donors (Lipinski definition) is 0. The van der Waals surface area contributed by atoms with Crippen LogP contribution < -0.4 is 0 Å². The van der Waals surface area contributed by atoms with E-state index in [9.17, 15) is 4.79 Å². The third-order valence-electron chi connectivity index (χ3n) is 2.53. The van der Waals surface area contributed by atoms with E-state index in [0.29, 0.717) is 11.4 Å². The number of carbonyl (C=O) groups excluding carboxylic acids is 1. The van der Waals surface area contributed by atoms with Gasteiger partial charge in [-0.15, -0.1) is 0 Å². The molecule has 0 fully saturated rings. The van der Waals surface area contributed by atoms with Gasteiger partial charge in [0.15, 0.2) is 12.1 Å². The molecule has 0 aromatic carbocycles. The van der Waals surface area contributed by atoms with Gasteiger partial charge in [0.25, 0.3) is 0 Å². The van der Waals surface area contributed by atoms with Gasteiger partial charge in [0, 0.05) is 22.3 Å². The summed E-state index contributed by atoms with van der Waals surface area (Å²) in [6.45, 7) is 6.09. The van der Waals surface area contributed by atoms with Crippen LogP contribution in [-0.2, 0) is 5.41 Å². The molecule has 0 unspecified atom stereocenters. The highest BCUT2D eigenvalue weighted by Crippen LogP contribution is 2.24. The first-order valence-electron chi connectivity index (χ1n) is 5.59. The molecule has 0 aliphatic carbocycles. The molecule has 2 rings (SSSR count). The summed E-state index contributed by atoms with van der Waals surface area (Å²) in [5, 5.41) is 4.46. The molecule has 2 heterocycles. The minimum atomic E-state index is -0.170. The lowest BCUT2D eigenvalue weighted by Crippen LogP contribution is -2.14. The van der Waals surface area contributed by atoms with Gasteiger partial charge in [-0.2, -0.15) is 5.10 Å². The monoisotopic (exact) mass is 307 g/mol. The Labute approximate surface area is 114 Å². The molecule has 4 nitrogen and oxygen atoms in total. The summed E-state index contributed by atoms with van der Waals surface area (Å²) in [5.41, 5.74) is 1.21. The Kier molecular flexibility index (Phi) is 3.34. The molecule has 0 saturated carbocycles. The largest absolute Gasteiger partial charge is 0.298 e. The molecule has 2 aromatic rings. The van der Waals surface area contributed by atoms with E-state index >= 15 is 0 Å². The molecule has 18 heavy (non-hydrogen) atoms. The normalized spacial score (nSPS) is 11.6. The molecule has 0 N–H and O–H groups in total. The first-order valence-corrected chi connectivity index (χ1v) is 6.38. The van der Waals surface area contributed by atoms with Gasteiger partial charge < -0.3 is 0 Å². The Morgan fingerprint density at radius 2 is 2.06 bits per heavy atom. The predicted octanol–water partition coefficient (Wildman–Crippen LogP) is 3.14. The van der Waals surface area contributed by atoms with E-state index in [0.717, 1.165) is 16.5 Å². The van der Waals surface area contributed by atoms with E-state index in [4.69, 9.17) is 0 Å². The lowest BCUT2D eigenvalue weighted by molar-refractivity contribution is 0.112. The fourth-order valence-electron chi connectivity index (χ4n) is 1.68. The maximum atomic E-state index is 11.1. The lowest BCUT2D eigenvalue weighted by Gasteiger charge is -2.15. The van der Waals surface area contributed by atoms with Crippen LogP contribution in [0.5, 0.6) is 0 Å². The number of rotatable bonds is 2. The number of hydrogen-bond acceptors (Lipinski definition) is 3. The summed E-state index contributed by atoms with van der Waals surface area (Å²) in [4.78, 5) is 15.3. The summed E-state index contributed by atoms with van der Waals surface area (Å²) < 4.78 is 2.54. The Hall–Kier alpha value is -1.49. The maximum Gasteiger partial charge on any atom is 0.153 e. The molecule has 0 saturated heterocycles. The summed E-state index contributed by atoms with van der Waals surface area (Å²) in [6, 6.07) is 3.74. The van der Waals surface area contributed by atoms with Gasteiger partial charge in [-0.05, 0) is 28.1 Å². The fraction of sp³-hybridized carbons (Fsp3) is 0.308. The Bertz CT molecular complexity index is 567. The van der Waals surface area contributed by atoms with Crippen molar-refractivity contribution in [1.29, 1.82) is 0 Å². The van der Waals surface area contributed by atoms with Crippen LogP contribution in [0.1, 0.15) is 36.8 Å². The third kappa shape index (κ3) is 2.51. The van der Waals surface area contributed by atoms with Crippen LogP contribution in [0.3, 0.4) is 0 Å². The maximum absolute atomic E-state index is 11.1. The zero-order chi connectivity index (χ0) is 13.3. The Balaban J connectivity index is 2.50. The lowest BCUT2D eigenvalue weighted by atomic mass is 9.90. The van der Waals surface area contributed by atoms with Crippen molar-refractivity contribution in [1.82, 2.24) is 14.8 Å². The number of aromatic nitrogens is 3. The summed E-state index contributed by atoms with van der Waals surface area (Å²) in [7, 11) is 0. The van der Waals surface area contributed by atoms with E-state index < -0.39 is 0 Å². The molecule has 0 amide bonds. The summed E-state index contributed by atoms with van der Waals surface area (Å²) in [5.74, 6) is 0.691. The van der Waals surface area contributed by atoms with Crippen molar-refractivity contribution < 1.29 is 4.79 Å². The van der Waals surface area contributed by atoms with Crippen LogP contribution in [0.4, 0.5) is 0 Å². The zero-order valence-corrected chi connectivity index (χ0v) is 12.1. The highest BCUT2D eigenvalue weighted by Gasteiger charge is 2.22. The second-order valence-corrected chi connectivity index (χ2v) is 6.00. The van der Waals surface area contributed by atoms with Gasteiger partial charge in [0.1, 0.15) is 0 Å². The number of halogens is 1. The molecule has 94 valence electrons. The predicted molar refractivity (Wildman–Crippen MR) is 73.1 cm³/mol. The van der Waals surface area contributed by atoms with E-state index in [2.05, 4.69) is 26.0 Å². The van der Waals surface area contributed by atoms with Gasteiger partial charge in [0.2, 0.25) is 0 Å². The van der Waals surface area contributed by atoms with E-state index in [1.165, 1.54) is 0 Å². The standard InChI is InChI=1S/C13H14BrN3O/c1-13(2,3)12-9(8-18)7-17(16-12)11-5-4-10(14)6-15-11/h4-8H,1-3H3. The minimum absolute atomic E-state index is 0.170. The van der Waals surface area contributed by atoms with E-state index in [1.807, 2.05) is 32.9 Å². The molecule has 0 radical (unpaired) electrons. The van der Waals surface area contributed by atoms with Crippen LogP contribution in [0, 0.1) is 0 Å². The molecule has 0 spiro atoms. The first kappa shape index (κ1) is 13.0. The molecular formula is C13H14BrN3O. The van der Waals surface area contributed by atoms with Crippen LogP contribution in [0.25, 0.3) is 5.82 Å². The molecule has 0 aliphatic rings. The Morgan fingerprint density at radius 1 is 1.33 bits per heavy atom. The van der Waals surface area contributed by atoms with Crippen molar-refractivity contribution in [2.24, 2.45) is 0 Å². The molecule has 2 aromatic heterocycles. The molecule has 0 aliphatic heterocycles. The topological polar surface area (TPSA) is 47.8 Å². The van der Waals surface area contributed by atoms with Crippen LogP contribution in [-0.4, -0.2) is 21.1 Å². The van der Waals surface area contributed by atoms with Crippen molar-refractivity contribution in [3.8, 4) is 5.82 Å². The van der Waals surface area contributed by atoms with Crippen molar-refractivity contribution in [3.05, 3.63) is 40.3 Å². The number of aldehydes is 1. The molecule has 0 bridgehead atoms. The fourth-order valence-corrected chi connectivity index (χ4v) is 1.91. The molecule has 5 heteroatoms.